The quantitative estimate of drug-likeness (QED) is 0.0932. The van der Waals surface area contributed by atoms with Crippen LogP contribution in [0.15, 0.2) is 87.3 Å². The molecule has 0 heterocycles. The molecule has 4 aromatic rings. The van der Waals surface area contributed by atoms with Gasteiger partial charge >= 0.3 is 0 Å². The van der Waals surface area contributed by atoms with Gasteiger partial charge in [-0.2, -0.15) is 5.26 Å². The van der Waals surface area contributed by atoms with Crippen molar-refractivity contribution in [3.8, 4) is 17.6 Å². The summed E-state index contributed by atoms with van der Waals surface area (Å²) in [5.41, 5.74) is 1.53. The normalized spacial score (nSPS) is 11.1. The van der Waals surface area contributed by atoms with Crippen molar-refractivity contribution >= 4 is 66.0 Å². The molecule has 0 bridgehead atoms. The zero-order valence-corrected chi connectivity index (χ0v) is 23.1. The van der Waals surface area contributed by atoms with Crippen LogP contribution in [-0.4, -0.2) is 17.9 Å². The van der Waals surface area contributed by atoms with Gasteiger partial charge in [0.2, 0.25) is 0 Å². The highest BCUT2D eigenvalue weighted by Gasteiger charge is 2.16. The number of halogens is 2. The maximum Gasteiger partial charge on any atom is 0.270 e. The number of ether oxygens (including phenoxy) is 2. The largest absolute Gasteiger partial charge is 0.493 e. The minimum Gasteiger partial charge on any atom is -0.493 e. The lowest BCUT2D eigenvalue weighted by molar-refractivity contribution is -0.384. The Morgan fingerprint density at radius 1 is 1.08 bits per heavy atom. The zero-order valence-electron chi connectivity index (χ0n) is 19.9. The van der Waals surface area contributed by atoms with Gasteiger partial charge in [-0.1, -0.05) is 42.5 Å². The van der Waals surface area contributed by atoms with E-state index in [2.05, 4.69) is 37.2 Å². The summed E-state index contributed by atoms with van der Waals surface area (Å²) in [6, 6.07) is 23.2. The second-order valence-corrected chi connectivity index (χ2v) is 9.71. The van der Waals surface area contributed by atoms with Gasteiger partial charge in [-0.3, -0.25) is 14.9 Å². The monoisotopic (exact) mass is 635 g/mol. The van der Waals surface area contributed by atoms with Gasteiger partial charge in [-0.25, -0.2) is 0 Å². The topological polar surface area (TPSA) is 114 Å². The molecule has 0 aliphatic heterocycles. The fourth-order valence-corrected chi connectivity index (χ4v) is 4.80. The molecule has 0 aliphatic carbocycles. The highest BCUT2D eigenvalue weighted by molar-refractivity contribution is 9.11. The van der Waals surface area contributed by atoms with E-state index in [1.54, 1.807) is 12.1 Å². The number of hydrogen-bond donors (Lipinski definition) is 1. The summed E-state index contributed by atoms with van der Waals surface area (Å²) >= 11 is 6.72. The second-order valence-electron chi connectivity index (χ2n) is 8.01. The third kappa shape index (κ3) is 6.02. The summed E-state index contributed by atoms with van der Waals surface area (Å²) in [4.78, 5) is 23.2. The molecule has 190 valence electrons. The van der Waals surface area contributed by atoms with Crippen LogP contribution in [0.5, 0.6) is 11.5 Å². The van der Waals surface area contributed by atoms with E-state index in [4.69, 9.17) is 9.47 Å². The van der Waals surface area contributed by atoms with E-state index in [0.717, 1.165) is 16.3 Å². The number of methoxy groups -OCH3 is 1. The number of nitro groups is 1. The molecular weight excluding hydrogens is 618 g/mol. The number of anilines is 1. The van der Waals surface area contributed by atoms with Gasteiger partial charge < -0.3 is 14.8 Å². The van der Waals surface area contributed by atoms with Crippen molar-refractivity contribution in [2.24, 2.45) is 0 Å². The van der Waals surface area contributed by atoms with E-state index in [9.17, 15) is 20.2 Å². The van der Waals surface area contributed by atoms with Crippen LogP contribution in [0.25, 0.3) is 16.8 Å². The Balaban J connectivity index is 1.56. The number of fused-ring (bicyclic) bond motifs is 1. The first-order valence-corrected chi connectivity index (χ1v) is 12.7. The number of carbonyl (C=O) groups is 1. The fraction of sp³-hybridized carbons (Fsp3) is 0.0714. The Kier molecular flexibility index (Phi) is 8.41. The van der Waals surface area contributed by atoms with Crippen molar-refractivity contribution in [2.75, 3.05) is 12.4 Å². The molecular formula is C28H19Br2N3O5. The van der Waals surface area contributed by atoms with Crippen LogP contribution in [0, 0.1) is 21.4 Å². The van der Waals surface area contributed by atoms with Crippen LogP contribution in [-0.2, 0) is 11.4 Å². The molecule has 0 radical (unpaired) electrons. The van der Waals surface area contributed by atoms with Crippen molar-refractivity contribution in [3.63, 3.8) is 0 Å². The molecule has 0 aliphatic rings. The molecule has 8 nitrogen and oxygen atoms in total. The van der Waals surface area contributed by atoms with Gasteiger partial charge in [0, 0.05) is 16.6 Å². The lowest BCUT2D eigenvalue weighted by Crippen LogP contribution is -2.14. The molecule has 1 amide bonds. The average Bonchev–Trinajstić information content (AvgIpc) is 2.91. The fourth-order valence-electron chi connectivity index (χ4n) is 3.76. The van der Waals surface area contributed by atoms with Crippen molar-refractivity contribution in [1.82, 2.24) is 0 Å². The highest BCUT2D eigenvalue weighted by Crippen LogP contribution is 2.38. The molecule has 0 atom stereocenters. The van der Waals surface area contributed by atoms with Crippen molar-refractivity contribution < 1.29 is 19.2 Å². The lowest BCUT2D eigenvalue weighted by atomic mass is 10.1. The maximum absolute atomic E-state index is 12.8. The minimum absolute atomic E-state index is 0.134. The maximum atomic E-state index is 12.8. The van der Waals surface area contributed by atoms with Gasteiger partial charge in [0.15, 0.2) is 11.5 Å². The first kappa shape index (κ1) is 26.9. The summed E-state index contributed by atoms with van der Waals surface area (Å²) < 4.78 is 12.5. The Labute approximate surface area is 234 Å². The van der Waals surface area contributed by atoms with Gasteiger partial charge in [-0.05, 0) is 78.0 Å². The van der Waals surface area contributed by atoms with Crippen LogP contribution in [0.3, 0.4) is 0 Å². The number of rotatable bonds is 8. The van der Waals surface area contributed by atoms with Gasteiger partial charge in [0.05, 0.1) is 22.2 Å². The van der Waals surface area contributed by atoms with Crippen LogP contribution in [0.2, 0.25) is 0 Å². The van der Waals surface area contributed by atoms with E-state index in [1.807, 2.05) is 48.5 Å². The molecule has 0 spiro atoms. The molecule has 1 N–H and O–H groups in total. The van der Waals surface area contributed by atoms with E-state index >= 15 is 0 Å². The highest BCUT2D eigenvalue weighted by atomic mass is 79.9. The number of nitriles is 1. The summed E-state index contributed by atoms with van der Waals surface area (Å²) in [6.45, 7) is 0.307. The minimum atomic E-state index is -0.673. The number of nitrogens with one attached hydrogen (secondary N) is 1. The Hall–Kier alpha value is -4.20. The van der Waals surface area contributed by atoms with Crippen LogP contribution < -0.4 is 14.8 Å². The lowest BCUT2D eigenvalue weighted by Gasteiger charge is -2.15. The third-order valence-corrected chi connectivity index (χ3v) is 6.84. The molecule has 4 aromatic carbocycles. The number of nitrogens with zero attached hydrogens (tertiary/aromatic N) is 2. The second kappa shape index (κ2) is 11.9. The molecule has 0 aromatic heterocycles. The molecule has 38 heavy (non-hydrogen) atoms. The molecule has 0 fully saturated rings. The molecule has 4 rings (SSSR count). The molecule has 0 saturated heterocycles. The van der Waals surface area contributed by atoms with Crippen molar-refractivity contribution in [2.45, 2.75) is 6.61 Å². The predicted molar refractivity (Wildman–Crippen MR) is 152 cm³/mol. The van der Waals surface area contributed by atoms with E-state index in [-0.39, 0.29) is 16.9 Å². The number of amides is 1. The zero-order chi connectivity index (χ0) is 27.2. The Morgan fingerprint density at radius 3 is 2.55 bits per heavy atom. The number of nitro benzene ring substituents is 1. The Bertz CT molecular complexity index is 1620. The molecule has 0 saturated carbocycles. The summed E-state index contributed by atoms with van der Waals surface area (Å²) in [5.74, 6) is 0.227. The number of non-ortho nitro benzene ring substituents is 1. The third-order valence-electron chi connectivity index (χ3n) is 5.59. The summed E-state index contributed by atoms with van der Waals surface area (Å²) in [5, 5.41) is 25.4. The van der Waals surface area contributed by atoms with Gasteiger partial charge in [0.25, 0.3) is 11.6 Å². The van der Waals surface area contributed by atoms with Crippen LogP contribution in [0.4, 0.5) is 11.4 Å². The summed E-state index contributed by atoms with van der Waals surface area (Å²) in [6.07, 6.45) is 1.41. The predicted octanol–water partition coefficient (Wildman–Crippen LogP) is 7.41. The van der Waals surface area contributed by atoms with Gasteiger partial charge in [-0.15, -0.1) is 0 Å². The first-order valence-electron chi connectivity index (χ1n) is 11.1. The number of carbonyl (C=O) groups excluding carboxylic acids is 1. The van der Waals surface area contributed by atoms with Crippen LogP contribution >= 0.6 is 31.9 Å². The number of hydrogen-bond acceptors (Lipinski definition) is 6. The van der Waals surface area contributed by atoms with E-state index < -0.39 is 10.8 Å². The van der Waals surface area contributed by atoms with Gasteiger partial charge in [0.1, 0.15) is 18.2 Å². The smallest absolute Gasteiger partial charge is 0.270 e. The molecule has 0 unspecified atom stereocenters. The Morgan fingerprint density at radius 2 is 1.84 bits per heavy atom. The number of benzene rings is 4. The average molecular weight is 637 g/mol. The standard InChI is InChI=1S/C28H19Br2N3O5/c1-37-26-13-17(11-20(15-31)28(34)32-25-10-9-21(33(35)36)14-23(25)29)12-24(30)27(26)38-16-19-7-4-6-18-5-2-3-8-22(18)19/h2-14H,16H2,1H3,(H,32,34). The van der Waals surface area contributed by atoms with Crippen molar-refractivity contribution in [1.29, 1.82) is 5.26 Å². The summed E-state index contributed by atoms with van der Waals surface area (Å²) in [7, 11) is 1.50. The van der Waals surface area contributed by atoms with Crippen LogP contribution in [0.1, 0.15) is 11.1 Å². The molecule has 10 heteroatoms. The first-order chi connectivity index (χ1) is 18.3. The van der Waals surface area contributed by atoms with E-state index in [1.165, 1.54) is 31.4 Å². The SMILES string of the molecule is COc1cc(C=C(C#N)C(=O)Nc2ccc([N+](=O)[O-])cc2Br)cc(Br)c1OCc1cccc2ccccc12. The van der Waals surface area contributed by atoms with Crippen molar-refractivity contribution in [3.05, 3.63) is 109 Å². The van der Waals surface area contributed by atoms with E-state index in [0.29, 0.717) is 32.6 Å².